The van der Waals surface area contributed by atoms with Crippen LogP contribution in [0.1, 0.15) is 43.0 Å². The van der Waals surface area contributed by atoms with E-state index in [1.54, 1.807) is 6.92 Å². The summed E-state index contributed by atoms with van der Waals surface area (Å²) in [6.45, 7) is 3.68. The average molecular weight is 451 g/mol. The van der Waals surface area contributed by atoms with Crippen LogP contribution in [-0.4, -0.2) is 15.9 Å². The number of halogens is 1. The maximum Gasteiger partial charge on any atom is 0.174 e. The highest BCUT2D eigenvalue weighted by atomic mass is 79.9. The zero-order valence-electron chi connectivity index (χ0n) is 15.7. The summed E-state index contributed by atoms with van der Waals surface area (Å²) in [5, 5.41) is 0.906. The van der Waals surface area contributed by atoms with Gasteiger partial charge in [0.25, 0.3) is 0 Å². The quantitative estimate of drug-likeness (QED) is 0.554. The fourth-order valence-electron chi connectivity index (χ4n) is 4.38. The predicted molar refractivity (Wildman–Crippen MR) is 119 cm³/mol. The van der Waals surface area contributed by atoms with Crippen molar-refractivity contribution >= 4 is 44.3 Å². The second-order valence-corrected chi connectivity index (χ2v) is 9.22. The molecule has 0 aromatic heterocycles. The third-order valence-electron chi connectivity index (χ3n) is 5.61. The van der Waals surface area contributed by atoms with Crippen LogP contribution in [0.15, 0.2) is 74.2 Å². The van der Waals surface area contributed by atoms with Crippen LogP contribution in [0.4, 0.5) is 0 Å². The van der Waals surface area contributed by atoms with Crippen LogP contribution in [0, 0.1) is 0 Å². The summed E-state index contributed by atoms with van der Waals surface area (Å²) >= 11 is 5.13. The van der Waals surface area contributed by atoms with Crippen LogP contribution in [-0.2, 0) is 11.2 Å². The highest BCUT2D eigenvalue weighted by Gasteiger charge is 2.41. The third-order valence-corrected chi connectivity index (χ3v) is 7.36. The molecule has 0 unspecified atom stereocenters. The lowest BCUT2D eigenvalue weighted by Crippen LogP contribution is -2.34. The number of Topliss-reactive ketones (excluding diaryl/α,β-unsaturated/α-hetero) is 1. The lowest BCUT2D eigenvalue weighted by molar-refractivity contribution is -0.113. The predicted octanol–water partition coefficient (Wildman–Crippen LogP) is 6.09. The summed E-state index contributed by atoms with van der Waals surface area (Å²) in [4.78, 5) is 20.4. The molecule has 0 saturated heterocycles. The van der Waals surface area contributed by atoms with Gasteiger partial charge in [-0.1, -0.05) is 52.3 Å². The van der Waals surface area contributed by atoms with Gasteiger partial charge in [-0.3, -0.25) is 4.79 Å². The number of nitrogens with zero attached hydrogens (tertiary/aromatic N) is 2. The topological polar surface area (TPSA) is 32.7 Å². The van der Waals surface area contributed by atoms with Crippen molar-refractivity contribution < 1.29 is 4.79 Å². The Kier molecular flexibility index (Phi) is 4.33. The van der Waals surface area contributed by atoms with Crippen LogP contribution < -0.4 is 0 Å². The SMILES string of the molecule is CC(=O)C1=C(C)N2C(=NC3=C(CCc4ccccc43)[C@H]2c2cccc(Br)c2)S1. The molecule has 2 aromatic rings. The maximum absolute atomic E-state index is 12.2. The molecule has 2 aliphatic heterocycles. The molecule has 0 N–H and O–H groups in total. The molecule has 3 nitrogen and oxygen atoms in total. The number of hydrogen-bond donors (Lipinski definition) is 0. The zero-order chi connectivity index (χ0) is 19.4. The normalized spacial score (nSPS) is 20.6. The van der Waals surface area contributed by atoms with E-state index in [1.807, 2.05) is 6.92 Å². The molecule has 28 heavy (non-hydrogen) atoms. The van der Waals surface area contributed by atoms with E-state index in [4.69, 9.17) is 4.99 Å². The number of allylic oxidation sites excluding steroid dienone is 2. The molecule has 140 valence electrons. The number of aliphatic imine (C=N–C) groups is 1. The number of amidine groups is 1. The average Bonchev–Trinajstić information content (AvgIpc) is 3.03. The van der Waals surface area contributed by atoms with Crippen molar-refractivity contribution in [2.24, 2.45) is 4.99 Å². The van der Waals surface area contributed by atoms with E-state index in [2.05, 4.69) is 69.4 Å². The standard InChI is InChI=1S/C23H19BrN2OS/c1-13-22(14(2)27)28-23-25-20-18-9-4-3-6-15(18)10-11-19(20)21(26(13)23)16-7-5-8-17(24)12-16/h3-9,12,21H,10-11H2,1-2H3/t21-/m1/s1. The van der Waals surface area contributed by atoms with Gasteiger partial charge in [-0.2, -0.15) is 0 Å². The molecule has 0 amide bonds. The minimum atomic E-state index is 0.0673. The Morgan fingerprint density at radius 3 is 2.79 bits per heavy atom. The summed E-state index contributed by atoms with van der Waals surface area (Å²) in [6.07, 6.45) is 2.00. The lowest BCUT2D eigenvalue weighted by atomic mass is 9.82. The lowest BCUT2D eigenvalue weighted by Gasteiger charge is -2.39. The number of thioether (sulfide) groups is 1. The van der Waals surface area contributed by atoms with Crippen molar-refractivity contribution in [3.05, 3.63) is 85.9 Å². The number of rotatable bonds is 2. The Labute approximate surface area is 177 Å². The second kappa shape index (κ2) is 6.75. The summed E-state index contributed by atoms with van der Waals surface area (Å²) in [5.74, 6) is 0.103. The van der Waals surface area contributed by atoms with Crippen LogP contribution in [0.5, 0.6) is 0 Å². The Hall–Kier alpha value is -2.11. The first-order valence-electron chi connectivity index (χ1n) is 9.39. The number of carbonyl (C=O) groups excluding carboxylic acids is 1. The van der Waals surface area contributed by atoms with E-state index in [1.165, 1.54) is 34.0 Å². The smallest absolute Gasteiger partial charge is 0.174 e. The Balaban J connectivity index is 1.75. The number of ketones is 1. The minimum Gasteiger partial charge on any atom is -0.312 e. The van der Waals surface area contributed by atoms with Gasteiger partial charge in [0.15, 0.2) is 11.0 Å². The fraction of sp³-hybridized carbons (Fsp3) is 0.217. The summed E-state index contributed by atoms with van der Waals surface area (Å²) in [7, 11) is 0. The Bertz CT molecular complexity index is 1120. The molecule has 5 rings (SSSR count). The van der Waals surface area contributed by atoms with Crippen LogP contribution in [0.2, 0.25) is 0 Å². The van der Waals surface area contributed by atoms with Gasteiger partial charge >= 0.3 is 0 Å². The molecule has 3 aliphatic rings. The Morgan fingerprint density at radius 1 is 1.18 bits per heavy atom. The number of carbonyl (C=O) groups is 1. The highest BCUT2D eigenvalue weighted by molar-refractivity contribution is 9.10. The van der Waals surface area contributed by atoms with Gasteiger partial charge in [0.05, 0.1) is 16.6 Å². The first kappa shape index (κ1) is 18.0. The summed E-state index contributed by atoms with van der Waals surface area (Å²) in [5.41, 5.74) is 7.23. The first-order chi connectivity index (χ1) is 13.5. The van der Waals surface area contributed by atoms with Gasteiger partial charge in [-0.25, -0.2) is 4.99 Å². The Morgan fingerprint density at radius 2 is 2.00 bits per heavy atom. The van der Waals surface area contributed by atoms with E-state index in [9.17, 15) is 4.79 Å². The van der Waals surface area contributed by atoms with E-state index < -0.39 is 0 Å². The van der Waals surface area contributed by atoms with E-state index >= 15 is 0 Å². The van der Waals surface area contributed by atoms with Crippen molar-refractivity contribution in [1.82, 2.24) is 4.90 Å². The van der Waals surface area contributed by atoms with Gasteiger partial charge < -0.3 is 4.90 Å². The molecule has 2 aromatic carbocycles. The number of fused-ring (bicyclic) bond motifs is 3. The van der Waals surface area contributed by atoms with Crippen LogP contribution in [0.3, 0.4) is 0 Å². The molecule has 1 aliphatic carbocycles. The van der Waals surface area contributed by atoms with Gasteiger partial charge in [0, 0.05) is 15.7 Å². The molecule has 0 fully saturated rings. The van der Waals surface area contributed by atoms with Gasteiger partial charge in [-0.05, 0) is 67.3 Å². The monoisotopic (exact) mass is 450 g/mol. The zero-order valence-corrected chi connectivity index (χ0v) is 18.1. The number of aryl methyl sites for hydroxylation is 1. The van der Waals surface area contributed by atoms with Crippen LogP contribution in [0.25, 0.3) is 5.70 Å². The summed E-state index contributed by atoms with van der Waals surface area (Å²) < 4.78 is 1.06. The van der Waals surface area contributed by atoms with Crippen molar-refractivity contribution in [3.8, 4) is 0 Å². The summed E-state index contributed by atoms with van der Waals surface area (Å²) in [6, 6.07) is 17.1. The van der Waals surface area contributed by atoms with Gasteiger partial charge in [0.2, 0.25) is 0 Å². The highest BCUT2D eigenvalue weighted by Crippen LogP contribution is 2.51. The van der Waals surface area contributed by atoms with E-state index in [0.29, 0.717) is 0 Å². The fourth-order valence-corrected chi connectivity index (χ4v) is 5.85. The van der Waals surface area contributed by atoms with Gasteiger partial charge in [-0.15, -0.1) is 0 Å². The largest absolute Gasteiger partial charge is 0.312 e. The molecule has 0 spiro atoms. The first-order valence-corrected chi connectivity index (χ1v) is 11.0. The molecule has 5 heteroatoms. The van der Waals surface area contributed by atoms with E-state index in [-0.39, 0.29) is 11.8 Å². The van der Waals surface area contributed by atoms with Crippen molar-refractivity contribution in [2.75, 3.05) is 0 Å². The third kappa shape index (κ3) is 2.72. The van der Waals surface area contributed by atoms with Crippen molar-refractivity contribution in [2.45, 2.75) is 32.7 Å². The van der Waals surface area contributed by atoms with E-state index in [0.717, 1.165) is 38.8 Å². The minimum absolute atomic E-state index is 0.0673. The molecular formula is C23H19BrN2OS. The number of hydrogen-bond acceptors (Lipinski definition) is 4. The van der Waals surface area contributed by atoms with Crippen LogP contribution >= 0.6 is 27.7 Å². The maximum atomic E-state index is 12.2. The molecule has 0 bridgehead atoms. The second-order valence-electron chi connectivity index (χ2n) is 7.33. The van der Waals surface area contributed by atoms with Crippen molar-refractivity contribution in [3.63, 3.8) is 0 Å². The molecule has 0 saturated carbocycles. The number of benzene rings is 2. The molecule has 2 heterocycles. The van der Waals surface area contributed by atoms with Gasteiger partial charge in [0.1, 0.15) is 0 Å². The van der Waals surface area contributed by atoms with Crippen molar-refractivity contribution in [1.29, 1.82) is 0 Å². The molecular weight excluding hydrogens is 432 g/mol. The molecule has 1 atom stereocenters. The molecule has 0 radical (unpaired) electrons.